The fourth-order valence-electron chi connectivity index (χ4n) is 1.47. The highest BCUT2D eigenvalue weighted by atomic mass is 79.9. The Bertz CT molecular complexity index is 361. The first-order chi connectivity index (χ1) is 8.59. The summed E-state index contributed by atoms with van der Waals surface area (Å²) in [5.41, 5.74) is 0. The number of hydrogen-bond acceptors (Lipinski definition) is 3. The molecular formula is C13H20BrClN2O. The molecule has 18 heavy (non-hydrogen) atoms. The van der Waals surface area contributed by atoms with Crippen molar-refractivity contribution in [2.24, 2.45) is 0 Å². The zero-order chi connectivity index (χ0) is 13.4. The fourth-order valence-corrected chi connectivity index (χ4v) is 2.20. The van der Waals surface area contributed by atoms with Crippen LogP contribution in [0.2, 0.25) is 5.02 Å². The third-order valence-corrected chi connectivity index (χ3v) is 3.18. The predicted molar refractivity (Wildman–Crippen MR) is 80.7 cm³/mol. The lowest BCUT2D eigenvalue weighted by molar-refractivity contribution is 0.311. The van der Waals surface area contributed by atoms with Crippen molar-refractivity contribution in [3.05, 3.63) is 27.7 Å². The maximum atomic E-state index is 6.05. The summed E-state index contributed by atoms with van der Waals surface area (Å²) in [5.74, 6) is 0.731. The van der Waals surface area contributed by atoms with E-state index in [1.54, 1.807) is 0 Å². The van der Waals surface area contributed by atoms with Crippen LogP contribution < -0.4 is 10.1 Å². The van der Waals surface area contributed by atoms with E-state index in [1.165, 1.54) is 0 Å². The molecule has 0 unspecified atom stereocenters. The minimum atomic E-state index is 0.628. The average Bonchev–Trinajstić information content (AvgIpc) is 2.30. The highest BCUT2D eigenvalue weighted by molar-refractivity contribution is 9.10. The highest BCUT2D eigenvalue weighted by Gasteiger charge is 2.01. The van der Waals surface area contributed by atoms with Crippen LogP contribution in [0.15, 0.2) is 22.7 Å². The molecule has 1 aromatic carbocycles. The molecule has 0 fully saturated rings. The summed E-state index contributed by atoms with van der Waals surface area (Å²) in [6, 6.07) is 5.63. The second-order valence-electron chi connectivity index (χ2n) is 4.33. The van der Waals surface area contributed by atoms with Crippen LogP contribution in [-0.2, 0) is 0 Å². The maximum Gasteiger partial charge on any atom is 0.138 e. The number of rotatable bonds is 8. The van der Waals surface area contributed by atoms with Gasteiger partial charge in [0.1, 0.15) is 12.4 Å². The maximum absolute atomic E-state index is 6.05. The van der Waals surface area contributed by atoms with Gasteiger partial charge in [-0.05, 0) is 51.8 Å². The highest BCUT2D eigenvalue weighted by Crippen LogP contribution is 2.27. The van der Waals surface area contributed by atoms with E-state index >= 15 is 0 Å². The van der Waals surface area contributed by atoms with Crippen molar-refractivity contribution in [1.82, 2.24) is 10.2 Å². The van der Waals surface area contributed by atoms with Crippen molar-refractivity contribution in [1.29, 1.82) is 0 Å². The molecule has 0 radical (unpaired) electrons. The van der Waals surface area contributed by atoms with Crippen molar-refractivity contribution >= 4 is 27.5 Å². The zero-order valence-electron chi connectivity index (χ0n) is 10.9. The Balaban J connectivity index is 2.11. The van der Waals surface area contributed by atoms with Gasteiger partial charge in [0.05, 0.1) is 5.02 Å². The number of nitrogens with one attached hydrogen (secondary N) is 1. The molecule has 1 N–H and O–H groups in total. The van der Waals surface area contributed by atoms with Gasteiger partial charge in [-0.3, -0.25) is 0 Å². The number of nitrogens with zero attached hydrogens (tertiary/aromatic N) is 1. The van der Waals surface area contributed by atoms with Crippen LogP contribution in [0.4, 0.5) is 0 Å². The standard InChI is InChI=1S/C13H20BrClN2O/c1-17(2)8-3-6-16-7-9-18-13-5-4-11(14)10-12(13)15/h4-5,10,16H,3,6-9H2,1-2H3. The molecule has 0 amide bonds. The lowest BCUT2D eigenvalue weighted by Crippen LogP contribution is -2.25. The Hall–Kier alpha value is -0.290. The monoisotopic (exact) mass is 334 g/mol. The topological polar surface area (TPSA) is 24.5 Å². The molecular weight excluding hydrogens is 316 g/mol. The van der Waals surface area contributed by atoms with Gasteiger partial charge in [0.2, 0.25) is 0 Å². The molecule has 1 rings (SSSR count). The van der Waals surface area contributed by atoms with Gasteiger partial charge in [-0.25, -0.2) is 0 Å². The molecule has 3 nitrogen and oxygen atoms in total. The first kappa shape index (κ1) is 15.8. The van der Waals surface area contributed by atoms with E-state index in [2.05, 4.69) is 40.2 Å². The molecule has 1 aromatic rings. The van der Waals surface area contributed by atoms with Crippen LogP contribution in [0.1, 0.15) is 6.42 Å². The minimum absolute atomic E-state index is 0.628. The van der Waals surface area contributed by atoms with E-state index in [9.17, 15) is 0 Å². The molecule has 102 valence electrons. The first-order valence-electron chi connectivity index (χ1n) is 6.03. The van der Waals surface area contributed by atoms with Crippen LogP contribution >= 0.6 is 27.5 Å². The Morgan fingerprint density at radius 1 is 1.33 bits per heavy atom. The molecule has 0 atom stereocenters. The summed E-state index contributed by atoms with van der Waals surface area (Å²) in [6.45, 7) is 3.57. The van der Waals surface area contributed by atoms with Gasteiger partial charge in [0, 0.05) is 11.0 Å². The van der Waals surface area contributed by atoms with Gasteiger partial charge >= 0.3 is 0 Å². The van der Waals surface area contributed by atoms with E-state index in [4.69, 9.17) is 16.3 Å². The molecule has 0 heterocycles. The Morgan fingerprint density at radius 2 is 2.11 bits per heavy atom. The van der Waals surface area contributed by atoms with E-state index in [1.807, 2.05) is 18.2 Å². The lowest BCUT2D eigenvalue weighted by atomic mass is 10.3. The number of hydrogen-bond donors (Lipinski definition) is 1. The normalized spacial score (nSPS) is 10.9. The summed E-state index contributed by atoms with van der Waals surface area (Å²) >= 11 is 9.41. The second-order valence-corrected chi connectivity index (χ2v) is 5.65. The van der Waals surface area contributed by atoms with Crippen LogP contribution in [0.3, 0.4) is 0 Å². The Kier molecular flexibility index (Phi) is 7.66. The van der Waals surface area contributed by atoms with E-state index < -0.39 is 0 Å². The molecule has 0 aromatic heterocycles. The molecule has 0 bridgehead atoms. The van der Waals surface area contributed by atoms with Gasteiger partial charge in [0.15, 0.2) is 0 Å². The lowest BCUT2D eigenvalue weighted by Gasteiger charge is -2.11. The Morgan fingerprint density at radius 3 is 2.78 bits per heavy atom. The Labute approximate surface area is 123 Å². The fraction of sp³-hybridized carbons (Fsp3) is 0.538. The number of ether oxygens (including phenoxy) is 1. The quantitative estimate of drug-likeness (QED) is 0.739. The van der Waals surface area contributed by atoms with E-state index in [-0.39, 0.29) is 0 Å². The summed E-state index contributed by atoms with van der Waals surface area (Å²) in [5, 5.41) is 3.97. The molecule has 0 aliphatic rings. The molecule has 0 saturated heterocycles. The summed E-state index contributed by atoms with van der Waals surface area (Å²) in [7, 11) is 4.16. The minimum Gasteiger partial charge on any atom is -0.491 e. The summed E-state index contributed by atoms with van der Waals surface area (Å²) in [6.07, 6.45) is 1.14. The molecule has 0 saturated carbocycles. The number of halogens is 2. The third-order valence-electron chi connectivity index (χ3n) is 2.39. The van der Waals surface area contributed by atoms with Crippen LogP contribution in [0, 0.1) is 0 Å². The van der Waals surface area contributed by atoms with Crippen molar-refractivity contribution in [2.45, 2.75) is 6.42 Å². The van der Waals surface area contributed by atoms with Gasteiger partial charge < -0.3 is 15.0 Å². The molecule has 0 spiro atoms. The molecule has 5 heteroatoms. The van der Waals surface area contributed by atoms with Crippen molar-refractivity contribution in [2.75, 3.05) is 40.3 Å². The van der Waals surface area contributed by atoms with Gasteiger partial charge in [0.25, 0.3) is 0 Å². The number of benzene rings is 1. The SMILES string of the molecule is CN(C)CCCNCCOc1ccc(Br)cc1Cl. The average molecular weight is 336 g/mol. The third kappa shape index (κ3) is 6.59. The smallest absolute Gasteiger partial charge is 0.138 e. The summed E-state index contributed by atoms with van der Waals surface area (Å²) in [4.78, 5) is 2.18. The largest absolute Gasteiger partial charge is 0.491 e. The first-order valence-corrected chi connectivity index (χ1v) is 7.20. The van der Waals surface area contributed by atoms with Gasteiger partial charge in [-0.15, -0.1) is 0 Å². The summed E-state index contributed by atoms with van der Waals surface area (Å²) < 4.78 is 6.55. The van der Waals surface area contributed by atoms with Crippen LogP contribution in [0.25, 0.3) is 0 Å². The van der Waals surface area contributed by atoms with E-state index in [0.717, 1.165) is 36.3 Å². The van der Waals surface area contributed by atoms with E-state index in [0.29, 0.717) is 11.6 Å². The second kappa shape index (κ2) is 8.75. The van der Waals surface area contributed by atoms with Crippen molar-refractivity contribution in [3.8, 4) is 5.75 Å². The van der Waals surface area contributed by atoms with Gasteiger partial charge in [-0.1, -0.05) is 27.5 Å². The van der Waals surface area contributed by atoms with Gasteiger partial charge in [-0.2, -0.15) is 0 Å². The molecule has 0 aliphatic heterocycles. The zero-order valence-corrected chi connectivity index (χ0v) is 13.2. The molecule has 0 aliphatic carbocycles. The predicted octanol–water partition coefficient (Wildman–Crippen LogP) is 3.02. The van der Waals surface area contributed by atoms with Crippen LogP contribution in [-0.4, -0.2) is 45.2 Å². The van der Waals surface area contributed by atoms with Crippen molar-refractivity contribution < 1.29 is 4.74 Å². The van der Waals surface area contributed by atoms with Crippen molar-refractivity contribution in [3.63, 3.8) is 0 Å². The van der Waals surface area contributed by atoms with Crippen LogP contribution in [0.5, 0.6) is 5.75 Å².